The number of halogens is 1. The molecule has 0 amide bonds. The number of anilines is 1. The van der Waals surface area contributed by atoms with Crippen molar-refractivity contribution in [1.82, 2.24) is 0 Å². The second-order valence-electron chi connectivity index (χ2n) is 5.49. The molecule has 0 spiro atoms. The van der Waals surface area contributed by atoms with Crippen LogP contribution in [-0.4, -0.2) is 13.2 Å². The van der Waals surface area contributed by atoms with Crippen molar-refractivity contribution in [3.8, 4) is 11.5 Å². The van der Waals surface area contributed by atoms with E-state index in [0.29, 0.717) is 25.4 Å². The van der Waals surface area contributed by atoms with Gasteiger partial charge in [0.2, 0.25) is 0 Å². The van der Waals surface area contributed by atoms with E-state index in [1.165, 1.54) is 6.07 Å². The number of para-hydroxylation sites is 2. The van der Waals surface area contributed by atoms with E-state index in [0.717, 1.165) is 17.1 Å². The van der Waals surface area contributed by atoms with Gasteiger partial charge in [0.15, 0.2) is 0 Å². The van der Waals surface area contributed by atoms with Gasteiger partial charge in [-0.05, 0) is 42.0 Å². The molecule has 1 N–H and O–H groups in total. The highest BCUT2D eigenvalue weighted by atomic mass is 19.1. The molecule has 4 heteroatoms. The summed E-state index contributed by atoms with van der Waals surface area (Å²) >= 11 is 0. The summed E-state index contributed by atoms with van der Waals surface area (Å²) in [5.74, 6) is 1.37. The average Bonchev–Trinajstić information content (AvgIpc) is 2.66. The van der Waals surface area contributed by atoms with Crippen LogP contribution in [0.4, 0.5) is 10.1 Å². The third-order valence-electron chi connectivity index (χ3n) is 3.64. The largest absolute Gasteiger partial charge is 0.490 e. The second kappa shape index (κ2) is 8.73. The van der Waals surface area contributed by atoms with Crippen LogP contribution < -0.4 is 14.8 Å². The minimum atomic E-state index is -0.249. The molecule has 0 saturated carbocycles. The van der Waals surface area contributed by atoms with Crippen LogP contribution in [0.1, 0.15) is 5.56 Å². The lowest BCUT2D eigenvalue weighted by Gasteiger charge is -2.10. The molecular formula is C21H20FNO2. The van der Waals surface area contributed by atoms with Gasteiger partial charge in [-0.2, -0.15) is 0 Å². The van der Waals surface area contributed by atoms with Crippen molar-refractivity contribution < 1.29 is 13.9 Å². The lowest BCUT2D eigenvalue weighted by Crippen LogP contribution is -2.09. The molecule has 0 saturated heterocycles. The van der Waals surface area contributed by atoms with Gasteiger partial charge in [0.05, 0.1) is 5.69 Å². The Bertz CT molecular complexity index is 775. The molecule has 0 aliphatic heterocycles. The zero-order valence-electron chi connectivity index (χ0n) is 13.8. The summed E-state index contributed by atoms with van der Waals surface area (Å²) in [4.78, 5) is 0. The summed E-state index contributed by atoms with van der Waals surface area (Å²) in [6, 6.07) is 24.0. The van der Waals surface area contributed by atoms with Gasteiger partial charge in [-0.15, -0.1) is 0 Å². The Kier molecular flexibility index (Phi) is 5.88. The molecule has 3 aromatic carbocycles. The summed E-state index contributed by atoms with van der Waals surface area (Å²) in [5, 5.41) is 3.08. The van der Waals surface area contributed by atoms with Crippen LogP contribution in [0.5, 0.6) is 11.5 Å². The van der Waals surface area contributed by atoms with Gasteiger partial charge >= 0.3 is 0 Å². The third-order valence-corrected chi connectivity index (χ3v) is 3.64. The van der Waals surface area contributed by atoms with Crippen molar-refractivity contribution in [3.63, 3.8) is 0 Å². The van der Waals surface area contributed by atoms with Crippen LogP contribution in [0.2, 0.25) is 0 Å². The maximum Gasteiger partial charge on any atom is 0.146 e. The highest BCUT2D eigenvalue weighted by molar-refractivity contribution is 5.45. The second-order valence-corrected chi connectivity index (χ2v) is 5.49. The number of hydrogen-bond acceptors (Lipinski definition) is 3. The highest BCUT2D eigenvalue weighted by Gasteiger charge is 2.01. The highest BCUT2D eigenvalue weighted by Crippen LogP contribution is 2.16. The Hall–Kier alpha value is -3.01. The van der Waals surface area contributed by atoms with E-state index in [2.05, 4.69) is 5.32 Å². The maximum absolute atomic E-state index is 13.6. The number of nitrogens with one attached hydrogen (secondary N) is 1. The van der Waals surface area contributed by atoms with E-state index in [1.807, 2.05) is 54.6 Å². The lowest BCUT2D eigenvalue weighted by atomic mass is 10.2. The lowest BCUT2D eigenvalue weighted by molar-refractivity contribution is 0.217. The maximum atomic E-state index is 13.6. The van der Waals surface area contributed by atoms with E-state index in [1.54, 1.807) is 18.2 Å². The molecule has 0 unspecified atom stereocenters. The van der Waals surface area contributed by atoms with Crippen LogP contribution in [0.25, 0.3) is 0 Å². The fourth-order valence-corrected chi connectivity index (χ4v) is 2.34. The van der Waals surface area contributed by atoms with Gasteiger partial charge in [0, 0.05) is 6.54 Å². The van der Waals surface area contributed by atoms with Crippen LogP contribution in [0.3, 0.4) is 0 Å². The molecule has 3 aromatic rings. The van der Waals surface area contributed by atoms with Crippen molar-refractivity contribution in [1.29, 1.82) is 0 Å². The van der Waals surface area contributed by atoms with E-state index in [9.17, 15) is 4.39 Å². The number of ether oxygens (including phenoxy) is 2. The van der Waals surface area contributed by atoms with Crippen molar-refractivity contribution in [2.75, 3.05) is 18.5 Å². The average molecular weight is 337 g/mol. The Balaban J connectivity index is 1.42. The van der Waals surface area contributed by atoms with Crippen molar-refractivity contribution in [2.24, 2.45) is 0 Å². The molecule has 0 atom stereocenters. The molecule has 0 fully saturated rings. The minimum absolute atomic E-state index is 0.249. The van der Waals surface area contributed by atoms with Crippen LogP contribution in [0, 0.1) is 5.82 Å². The van der Waals surface area contributed by atoms with Gasteiger partial charge in [-0.25, -0.2) is 4.39 Å². The Morgan fingerprint density at radius 2 is 1.28 bits per heavy atom. The summed E-state index contributed by atoms with van der Waals surface area (Å²) in [5.41, 5.74) is 1.55. The molecule has 25 heavy (non-hydrogen) atoms. The van der Waals surface area contributed by atoms with Gasteiger partial charge in [0.1, 0.15) is 30.5 Å². The summed E-state index contributed by atoms with van der Waals surface area (Å²) in [7, 11) is 0. The van der Waals surface area contributed by atoms with Gasteiger partial charge in [0.25, 0.3) is 0 Å². The van der Waals surface area contributed by atoms with E-state index < -0.39 is 0 Å². The molecule has 3 nitrogen and oxygen atoms in total. The Morgan fingerprint density at radius 3 is 1.96 bits per heavy atom. The van der Waals surface area contributed by atoms with E-state index in [-0.39, 0.29) is 5.82 Å². The first-order chi connectivity index (χ1) is 12.3. The smallest absolute Gasteiger partial charge is 0.146 e. The quantitative estimate of drug-likeness (QED) is 0.593. The molecule has 128 valence electrons. The van der Waals surface area contributed by atoms with Crippen LogP contribution in [0.15, 0.2) is 78.9 Å². The summed E-state index contributed by atoms with van der Waals surface area (Å²) in [6.45, 7) is 1.51. The first-order valence-corrected chi connectivity index (χ1v) is 8.19. The van der Waals surface area contributed by atoms with Crippen LogP contribution >= 0.6 is 0 Å². The van der Waals surface area contributed by atoms with Crippen molar-refractivity contribution in [3.05, 3.63) is 90.2 Å². The fraction of sp³-hybridized carbons (Fsp3) is 0.143. The van der Waals surface area contributed by atoms with Gasteiger partial charge < -0.3 is 14.8 Å². The SMILES string of the molecule is Fc1ccccc1NCc1ccc(OCCOc2ccccc2)cc1. The Labute approximate surface area is 147 Å². The monoisotopic (exact) mass is 337 g/mol. The minimum Gasteiger partial charge on any atom is -0.490 e. The molecule has 0 aromatic heterocycles. The molecular weight excluding hydrogens is 317 g/mol. The molecule has 0 aliphatic rings. The van der Waals surface area contributed by atoms with Crippen molar-refractivity contribution in [2.45, 2.75) is 6.54 Å². The predicted molar refractivity (Wildman–Crippen MR) is 97.6 cm³/mol. The summed E-state index contributed by atoms with van der Waals surface area (Å²) < 4.78 is 24.8. The van der Waals surface area contributed by atoms with Crippen LogP contribution in [-0.2, 0) is 6.54 Å². The predicted octanol–water partition coefficient (Wildman–Crippen LogP) is 4.90. The molecule has 0 aliphatic carbocycles. The molecule has 0 radical (unpaired) electrons. The number of rotatable bonds is 8. The summed E-state index contributed by atoms with van der Waals surface area (Å²) in [6.07, 6.45) is 0. The molecule has 3 rings (SSSR count). The fourth-order valence-electron chi connectivity index (χ4n) is 2.34. The Morgan fingerprint density at radius 1 is 0.680 bits per heavy atom. The first-order valence-electron chi connectivity index (χ1n) is 8.19. The first kappa shape index (κ1) is 16.8. The van der Waals surface area contributed by atoms with E-state index >= 15 is 0 Å². The molecule has 0 bridgehead atoms. The topological polar surface area (TPSA) is 30.5 Å². The van der Waals surface area contributed by atoms with Gasteiger partial charge in [-0.3, -0.25) is 0 Å². The third kappa shape index (κ3) is 5.24. The van der Waals surface area contributed by atoms with E-state index in [4.69, 9.17) is 9.47 Å². The molecule has 0 heterocycles. The zero-order chi connectivity index (χ0) is 17.3. The van der Waals surface area contributed by atoms with Crippen molar-refractivity contribution >= 4 is 5.69 Å². The zero-order valence-corrected chi connectivity index (χ0v) is 13.8. The normalized spacial score (nSPS) is 10.3. The van der Waals surface area contributed by atoms with Gasteiger partial charge in [-0.1, -0.05) is 42.5 Å². The standard InChI is InChI=1S/C21H20FNO2/c22-20-8-4-5-9-21(20)23-16-17-10-12-19(13-11-17)25-15-14-24-18-6-2-1-3-7-18/h1-13,23H,14-16H2. The number of hydrogen-bond donors (Lipinski definition) is 1. The number of benzene rings is 3.